The van der Waals surface area contributed by atoms with Crippen molar-refractivity contribution in [1.82, 2.24) is 0 Å². The molecule has 3 N–H and O–H groups in total. The first-order chi connectivity index (χ1) is 10.7. The lowest BCUT2D eigenvalue weighted by atomic mass is 10.1. The molecule has 1 heterocycles. The van der Waals surface area contributed by atoms with E-state index >= 15 is 0 Å². The van der Waals surface area contributed by atoms with Gasteiger partial charge in [0.15, 0.2) is 22.9 Å². The van der Waals surface area contributed by atoms with Crippen molar-refractivity contribution in [2.24, 2.45) is 0 Å². The van der Waals surface area contributed by atoms with Crippen molar-refractivity contribution in [2.45, 2.75) is 0 Å². The van der Waals surface area contributed by atoms with Gasteiger partial charge in [-0.3, -0.25) is 0 Å². The predicted molar refractivity (Wildman–Crippen MR) is 83.6 cm³/mol. The molecule has 0 aliphatic carbocycles. The van der Waals surface area contributed by atoms with Gasteiger partial charge in [0.1, 0.15) is 0 Å². The summed E-state index contributed by atoms with van der Waals surface area (Å²) in [6, 6.07) is 9.70. The Morgan fingerprint density at radius 2 is 1.70 bits per heavy atom. The maximum absolute atomic E-state index is 5.42. The molecule has 23 heavy (non-hydrogen) atoms. The minimum atomic E-state index is 0. The summed E-state index contributed by atoms with van der Waals surface area (Å²) in [6.45, 7) is 0.224. The molecule has 0 amide bonds. The van der Waals surface area contributed by atoms with E-state index in [0.29, 0.717) is 17.2 Å². The Morgan fingerprint density at radius 1 is 0.957 bits per heavy atom. The van der Waals surface area contributed by atoms with Crippen molar-refractivity contribution >= 4 is 17.8 Å². The van der Waals surface area contributed by atoms with Crippen LogP contribution in [0.25, 0.3) is 12.2 Å². The van der Waals surface area contributed by atoms with E-state index in [1.54, 1.807) is 14.2 Å². The lowest BCUT2D eigenvalue weighted by Crippen LogP contribution is -3.00. The highest BCUT2D eigenvalue weighted by Crippen LogP contribution is 2.42. The van der Waals surface area contributed by atoms with E-state index < -0.39 is 0 Å². The van der Waals surface area contributed by atoms with Gasteiger partial charge in [0.25, 0.3) is 0 Å². The number of rotatable bonds is 4. The number of benzene rings is 2. The summed E-state index contributed by atoms with van der Waals surface area (Å²) in [6.07, 6.45) is 4.00. The van der Waals surface area contributed by atoms with E-state index in [9.17, 15) is 0 Å². The lowest BCUT2D eigenvalue weighted by Gasteiger charge is -2.06. The zero-order valence-corrected chi connectivity index (χ0v) is 13.7. The van der Waals surface area contributed by atoms with E-state index in [-0.39, 0.29) is 19.2 Å². The van der Waals surface area contributed by atoms with Crippen LogP contribution in [0.4, 0.5) is 5.69 Å². The van der Waals surface area contributed by atoms with Crippen molar-refractivity contribution in [3.8, 4) is 23.0 Å². The van der Waals surface area contributed by atoms with E-state index in [1.165, 1.54) is 0 Å². The molecule has 2 aromatic rings. The smallest absolute Gasteiger partial charge is 0.231 e. The van der Waals surface area contributed by atoms with Gasteiger partial charge in [-0.2, -0.15) is 0 Å². The van der Waals surface area contributed by atoms with Gasteiger partial charge in [-0.1, -0.05) is 18.2 Å². The number of ether oxygens (including phenoxy) is 4. The number of hydrogen-bond donors (Lipinski definition) is 1. The largest absolute Gasteiger partial charge is 1.00 e. The molecule has 0 saturated heterocycles. The SMILES string of the molecule is COc1ccc(/C=C\c2cc(OC)c3c(c2)OCO3)cc1[NH3+].[Cl-]. The van der Waals surface area contributed by atoms with Crippen molar-refractivity contribution in [3.63, 3.8) is 0 Å². The van der Waals surface area contributed by atoms with E-state index in [0.717, 1.165) is 22.6 Å². The second-order valence-corrected chi connectivity index (χ2v) is 4.86. The zero-order chi connectivity index (χ0) is 15.5. The normalized spacial score (nSPS) is 12.1. The van der Waals surface area contributed by atoms with Crippen LogP contribution in [0, 0.1) is 0 Å². The second-order valence-electron chi connectivity index (χ2n) is 4.86. The fourth-order valence-electron chi connectivity index (χ4n) is 2.34. The first kappa shape index (κ1) is 17.0. The molecule has 1 aliphatic rings. The third kappa shape index (κ3) is 3.52. The Bertz CT molecular complexity index is 731. The lowest BCUT2D eigenvalue weighted by molar-refractivity contribution is -0.256. The minimum absolute atomic E-state index is 0. The molecule has 0 aromatic heterocycles. The van der Waals surface area contributed by atoms with Crippen LogP contribution in [0.2, 0.25) is 0 Å². The summed E-state index contributed by atoms with van der Waals surface area (Å²) < 4.78 is 21.4. The number of fused-ring (bicyclic) bond motifs is 1. The Morgan fingerprint density at radius 3 is 2.39 bits per heavy atom. The third-order valence-electron chi connectivity index (χ3n) is 3.45. The molecule has 3 rings (SSSR count). The van der Waals surface area contributed by atoms with Crippen LogP contribution in [-0.2, 0) is 0 Å². The number of methoxy groups -OCH3 is 2. The summed E-state index contributed by atoms with van der Waals surface area (Å²) in [7, 11) is 3.25. The van der Waals surface area contributed by atoms with Gasteiger partial charge in [0.2, 0.25) is 12.5 Å². The van der Waals surface area contributed by atoms with E-state index in [1.807, 2.05) is 42.5 Å². The number of quaternary nitrogens is 1. The highest BCUT2D eigenvalue weighted by molar-refractivity contribution is 5.74. The van der Waals surface area contributed by atoms with Crippen LogP contribution in [0.15, 0.2) is 30.3 Å². The highest BCUT2D eigenvalue weighted by Gasteiger charge is 2.19. The fourth-order valence-corrected chi connectivity index (χ4v) is 2.34. The summed E-state index contributed by atoms with van der Waals surface area (Å²) in [5.74, 6) is 2.81. The van der Waals surface area contributed by atoms with Gasteiger partial charge >= 0.3 is 0 Å². The van der Waals surface area contributed by atoms with Gasteiger partial charge in [-0.05, 0) is 29.3 Å². The van der Waals surface area contributed by atoms with Crippen molar-refractivity contribution in [2.75, 3.05) is 21.0 Å². The molecule has 0 atom stereocenters. The van der Waals surface area contributed by atoms with Crippen LogP contribution >= 0.6 is 0 Å². The molecule has 0 spiro atoms. The first-order valence-corrected chi connectivity index (χ1v) is 6.87. The van der Waals surface area contributed by atoms with Crippen LogP contribution in [0.1, 0.15) is 11.1 Å². The molecule has 2 aromatic carbocycles. The summed E-state index contributed by atoms with van der Waals surface area (Å²) in [4.78, 5) is 0. The molecule has 0 radical (unpaired) electrons. The van der Waals surface area contributed by atoms with E-state index in [2.05, 4.69) is 5.73 Å². The van der Waals surface area contributed by atoms with Gasteiger partial charge < -0.3 is 37.1 Å². The van der Waals surface area contributed by atoms with Crippen molar-refractivity contribution in [3.05, 3.63) is 41.5 Å². The second kappa shape index (κ2) is 7.26. The summed E-state index contributed by atoms with van der Waals surface area (Å²) in [5, 5.41) is 0. The molecule has 0 saturated carbocycles. The Labute approximate surface area is 141 Å². The van der Waals surface area contributed by atoms with Gasteiger partial charge in [-0.25, -0.2) is 0 Å². The van der Waals surface area contributed by atoms with Crippen LogP contribution < -0.4 is 37.1 Å². The molecule has 6 heteroatoms. The quantitative estimate of drug-likeness (QED) is 0.764. The van der Waals surface area contributed by atoms with Gasteiger partial charge in [0, 0.05) is 6.07 Å². The number of halogens is 1. The van der Waals surface area contributed by atoms with Gasteiger partial charge in [-0.15, -0.1) is 0 Å². The van der Waals surface area contributed by atoms with Crippen molar-refractivity contribution < 1.29 is 37.1 Å². The molecular formula is C17H18ClNO4. The van der Waals surface area contributed by atoms with Crippen LogP contribution in [0.3, 0.4) is 0 Å². The first-order valence-electron chi connectivity index (χ1n) is 6.87. The van der Waals surface area contributed by atoms with Gasteiger partial charge in [0.05, 0.1) is 14.2 Å². The maximum Gasteiger partial charge on any atom is 0.231 e. The summed E-state index contributed by atoms with van der Waals surface area (Å²) in [5.41, 5.74) is 6.84. The molecule has 0 unspecified atom stereocenters. The zero-order valence-electron chi connectivity index (χ0n) is 13.0. The standard InChI is InChI=1S/C17H17NO4.ClH/c1-19-14-6-5-11(7-13(14)18)3-4-12-8-15(20-2)17-16(9-12)21-10-22-17;/h3-9H,10,18H2,1-2H3;1H/b4-3-;. The maximum atomic E-state index is 5.42. The Kier molecular flexibility index (Phi) is 5.36. The molecule has 5 nitrogen and oxygen atoms in total. The third-order valence-corrected chi connectivity index (χ3v) is 3.45. The average molecular weight is 336 g/mol. The Balaban J connectivity index is 0.00000192. The molecule has 122 valence electrons. The van der Waals surface area contributed by atoms with E-state index in [4.69, 9.17) is 18.9 Å². The highest BCUT2D eigenvalue weighted by atomic mass is 35.5. The van der Waals surface area contributed by atoms with Crippen LogP contribution in [0.5, 0.6) is 23.0 Å². The predicted octanol–water partition coefficient (Wildman–Crippen LogP) is -0.520. The Hall–Kier alpha value is -2.37. The summed E-state index contributed by atoms with van der Waals surface area (Å²) >= 11 is 0. The van der Waals surface area contributed by atoms with Crippen LogP contribution in [-0.4, -0.2) is 21.0 Å². The minimum Gasteiger partial charge on any atom is -1.00 e. The molecule has 0 bridgehead atoms. The molecular weight excluding hydrogens is 318 g/mol. The fraction of sp³-hybridized carbons (Fsp3) is 0.176. The average Bonchev–Trinajstić information content (AvgIpc) is 3.00. The number of hydrogen-bond acceptors (Lipinski definition) is 4. The molecule has 1 aliphatic heterocycles. The monoisotopic (exact) mass is 335 g/mol. The molecule has 0 fully saturated rings. The van der Waals surface area contributed by atoms with Crippen molar-refractivity contribution in [1.29, 1.82) is 0 Å². The topological polar surface area (TPSA) is 64.6 Å².